The maximum absolute atomic E-state index is 12.6. The normalized spacial score (nSPS) is 34.6. The Balaban J connectivity index is 2.37. The number of hydrogen-bond donors (Lipinski definition) is 0. The standard InChI is InChI=1S/C11H13ClF2O/c1-7-4-5-8-3-2-6-11(8,15-7)9(12)10(13)14/h8H,1-6H2/t8-,11-/m0/s1. The predicted molar refractivity (Wildman–Crippen MR) is 54.6 cm³/mol. The van der Waals surface area contributed by atoms with Crippen molar-refractivity contribution in [3.05, 3.63) is 23.5 Å². The number of ether oxygens (including phenoxy) is 1. The average Bonchev–Trinajstić information content (AvgIpc) is 2.60. The van der Waals surface area contributed by atoms with Gasteiger partial charge in [0.15, 0.2) is 5.60 Å². The van der Waals surface area contributed by atoms with E-state index >= 15 is 0 Å². The third-order valence-electron chi connectivity index (χ3n) is 3.40. The van der Waals surface area contributed by atoms with Gasteiger partial charge in [-0.3, -0.25) is 0 Å². The van der Waals surface area contributed by atoms with Crippen LogP contribution in [0.2, 0.25) is 0 Å². The molecule has 4 heteroatoms. The van der Waals surface area contributed by atoms with E-state index < -0.39 is 16.7 Å². The van der Waals surface area contributed by atoms with E-state index in [1.54, 1.807) is 0 Å². The molecule has 0 unspecified atom stereocenters. The highest BCUT2D eigenvalue weighted by atomic mass is 35.5. The molecule has 0 spiro atoms. The van der Waals surface area contributed by atoms with Gasteiger partial charge in [0.25, 0.3) is 6.08 Å². The Morgan fingerprint density at radius 3 is 2.87 bits per heavy atom. The summed E-state index contributed by atoms with van der Waals surface area (Å²) in [6.45, 7) is 3.71. The number of halogens is 3. The maximum Gasteiger partial charge on any atom is 0.288 e. The number of fused-ring (bicyclic) bond motifs is 1. The van der Waals surface area contributed by atoms with Crippen LogP contribution in [0.5, 0.6) is 0 Å². The summed E-state index contributed by atoms with van der Waals surface area (Å²) < 4.78 is 30.8. The molecule has 0 radical (unpaired) electrons. The molecule has 1 heterocycles. The molecular weight excluding hydrogens is 222 g/mol. The minimum Gasteiger partial charge on any atom is -0.486 e. The average molecular weight is 235 g/mol. The molecule has 0 amide bonds. The lowest BCUT2D eigenvalue weighted by Gasteiger charge is -2.40. The predicted octanol–water partition coefficient (Wildman–Crippen LogP) is 4.20. The molecule has 1 saturated carbocycles. The third-order valence-corrected chi connectivity index (χ3v) is 3.86. The van der Waals surface area contributed by atoms with Crippen molar-refractivity contribution in [1.82, 2.24) is 0 Å². The van der Waals surface area contributed by atoms with E-state index in [2.05, 4.69) is 6.58 Å². The van der Waals surface area contributed by atoms with E-state index in [1.807, 2.05) is 0 Å². The van der Waals surface area contributed by atoms with E-state index in [1.165, 1.54) is 0 Å². The quantitative estimate of drug-likeness (QED) is 0.661. The Labute approximate surface area is 92.7 Å². The summed E-state index contributed by atoms with van der Waals surface area (Å²) in [5.41, 5.74) is -0.963. The van der Waals surface area contributed by atoms with Gasteiger partial charge in [0.2, 0.25) is 0 Å². The Bertz CT molecular complexity index is 323. The van der Waals surface area contributed by atoms with Crippen LogP contribution in [0.25, 0.3) is 0 Å². The van der Waals surface area contributed by atoms with Crippen LogP contribution in [0.15, 0.2) is 23.5 Å². The summed E-state index contributed by atoms with van der Waals surface area (Å²) in [5.74, 6) is 0.699. The molecular formula is C11H13ClF2O. The summed E-state index contributed by atoms with van der Waals surface area (Å²) in [4.78, 5) is 0. The van der Waals surface area contributed by atoms with Gasteiger partial charge in [-0.25, -0.2) is 0 Å². The largest absolute Gasteiger partial charge is 0.486 e. The first kappa shape index (κ1) is 10.9. The topological polar surface area (TPSA) is 9.23 Å². The Kier molecular flexibility index (Phi) is 2.75. The van der Waals surface area contributed by atoms with Crippen LogP contribution in [0, 0.1) is 5.92 Å². The second-order valence-electron chi connectivity index (χ2n) is 4.23. The van der Waals surface area contributed by atoms with Crippen molar-refractivity contribution >= 4 is 11.6 Å². The highest BCUT2D eigenvalue weighted by Crippen LogP contribution is 2.52. The SMILES string of the molecule is C=C1CC[C@@H]2CCC[C@]2(C(Cl)=C(F)F)O1. The summed E-state index contributed by atoms with van der Waals surface area (Å²) in [5, 5.41) is -0.411. The van der Waals surface area contributed by atoms with Gasteiger partial charge in [-0.2, -0.15) is 8.78 Å². The molecule has 1 aliphatic heterocycles. The lowest BCUT2D eigenvalue weighted by Crippen LogP contribution is -2.40. The molecule has 0 aromatic heterocycles. The van der Waals surface area contributed by atoms with Crippen LogP contribution in [-0.2, 0) is 4.74 Å². The van der Waals surface area contributed by atoms with Crippen molar-refractivity contribution in [2.45, 2.75) is 37.7 Å². The monoisotopic (exact) mass is 234 g/mol. The summed E-state index contributed by atoms with van der Waals surface area (Å²) in [6, 6.07) is 0. The lowest BCUT2D eigenvalue weighted by atomic mass is 9.84. The fourth-order valence-corrected chi connectivity index (χ4v) is 2.99. The fraction of sp³-hybridized carbons (Fsp3) is 0.636. The fourth-order valence-electron chi connectivity index (χ4n) is 2.70. The molecule has 0 aromatic rings. The summed E-state index contributed by atoms with van der Waals surface area (Å²) >= 11 is 5.72. The zero-order chi connectivity index (χ0) is 11.1. The first-order valence-electron chi connectivity index (χ1n) is 5.14. The van der Waals surface area contributed by atoms with Crippen molar-refractivity contribution < 1.29 is 13.5 Å². The van der Waals surface area contributed by atoms with Gasteiger partial charge in [0.1, 0.15) is 5.03 Å². The van der Waals surface area contributed by atoms with Crippen LogP contribution < -0.4 is 0 Å². The molecule has 1 nitrogen and oxygen atoms in total. The van der Waals surface area contributed by atoms with Crippen LogP contribution in [-0.4, -0.2) is 5.60 Å². The van der Waals surface area contributed by atoms with Gasteiger partial charge >= 0.3 is 0 Å². The molecule has 0 bridgehead atoms. The number of hydrogen-bond acceptors (Lipinski definition) is 1. The van der Waals surface area contributed by atoms with Crippen molar-refractivity contribution in [3.8, 4) is 0 Å². The molecule has 0 N–H and O–H groups in total. The van der Waals surface area contributed by atoms with Crippen molar-refractivity contribution in [2.24, 2.45) is 5.92 Å². The van der Waals surface area contributed by atoms with E-state index in [4.69, 9.17) is 16.3 Å². The zero-order valence-corrected chi connectivity index (χ0v) is 9.12. The van der Waals surface area contributed by atoms with Gasteiger partial charge in [-0.15, -0.1) is 0 Å². The lowest BCUT2D eigenvalue weighted by molar-refractivity contribution is -0.0278. The molecule has 0 aromatic carbocycles. The Morgan fingerprint density at radius 2 is 2.20 bits per heavy atom. The molecule has 84 valence electrons. The molecule has 2 fully saturated rings. The first-order valence-corrected chi connectivity index (χ1v) is 5.52. The van der Waals surface area contributed by atoms with Gasteiger partial charge in [-0.1, -0.05) is 18.2 Å². The molecule has 2 aliphatic rings. The van der Waals surface area contributed by atoms with E-state index in [0.717, 1.165) is 25.7 Å². The zero-order valence-electron chi connectivity index (χ0n) is 8.36. The van der Waals surface area contributed by atoms with Crippen LogP contribution in [0.4, 0.5) is 8.78 Å². The third kappa shape index (κ3) is 1.67. The number of rotatable bonds is 1. The number of allylic oxidation sites excluding steroid dienone is 1. The second-order valence-corrected chi connectivity index (χ2v) is 4.61. The molecule has 1 saturated heterocycles. The smallest absolute Gasteiger partial charge is 0.288 e. The van der Waals surface area contributed by atoms with E-state index in [9.17, 15) is 8.78 Å². The minimum atomic E-state index is -1.82. The molecule has 2 atom stereocenters. The molecule has 15 heavy (non-hydrogen) atoms. The Morgan fingerprint density at radius 1 is 1.47 bits per heavy atom. The Hall–Kier alpha value is -0.570. The van der Waals surface area contributed by atoms with Crippen molar-refractivity contribution in [2.75, 3.05) is 0 Å². The first-order chi connectivity index (χ1) is 7.06. The molecule has 1 aliphatic carbocycles. The summed E-state index contributed by atoms with van der Waals surface area (Å²) in [7, 11) is 0. The van der Waals surface area contributed by atoms with Gasteiger partial charge in [-0.05, 0) is 25.7 Å². The van der Waals surface area contributed by atoms with Crippen LogP contribution in [0.1, 0.15) is 32.1 Å². The highest BCUT2D eigenvalue weighted by molar-refractivity contribution is 6.30. The van der Waals surface area contributed by atoms with Crippen molar-refractivity contribution in [3.63, 3.8) is 0 Å². The second kappa shape index (κ2) is 3.78. The van der Waals surface area contributed by atoms with Gasteiger partial charge < -0.3 is 4.74 Å². The van der Waals surface area contributed by atoms with Gasteiger partial charge in [0.05, 0.1) is 5.76 Å². The van der Waals surface area contributed by atoms with E-state index in [-0.39, 0.29) is 5.92 Å². The summed E-state index contributed by atoms with van der Waals surface area (Å²) in [6.07, 6.45) is 2.16. The van der Waals surface area contributed by atoms with E-state index in [0.29, 0.717) is 12.2 Å². The van der Waals surface area contributed by atoms with Gasteiger partial charge in [0, 0.05) is 12.3 Å². The van der Waals surface area contributed by atoms with Crippen molar-refractivity contribution in [1.29, 1.82) is 0 Å². The maximum atomic E-state index is 12.6. The van der Waals surface area contributed by atoms with Crippen LogP contribution in [0.3, 0.4) is 0 Å². The van der Waals surface area contributed by atoms with Crippen LogP contribution >= 0.6 is 11.6 Å². The highest BCUT2D eigenvalue weighted by Gasteiger charge is 2.51. The minimum absolute atomic E-state index is 0.122. The molecule has 2 rings (SSSR count).